The second-order valence-corrected chi connectivity index (χ2v) is 1.57. The van der Waals surface area contributed by atoms with E-state index in [9.17, 15) is 0 Å². The van der Waals surface area contributed by atoms with Gasteiger partial charge in [0.05, 0.1) is 5.09 Å². The number of rotatable bonds is 0. The molecule has 0 N–H and O–H groups in total. The van der Waals surface area contributed by atoms with E-state index in [2.05, 4.69) is 0 Å². The van der Waals surface area contributed by atoms with E-state index >= 15 is 0 Å². The van der Waals surface area contributed by atoms with E-state index in [1.165, 1.54) is 0 Å². The molecule has 11 heteroatoms. The third-order valence-corrected chi connectivity index (χ3v) is 0. The standard InChI is InChI=1S/NO3.H3O4P.2Pb/c2-1(3)4;1-5(2,3)4;;/h;(H3,1,2,3,4);;/q-1;;2*+2/p-3. The minimum absolute atomic E-state index is 0. The molecule has 0 spiro atoms. The first kappa shape index (κ1) is 22.7. The van der Waals surface area contributed by atoms with Crippen molar-refractivity contribution in [3.8, 4) is 0 Å². The van der Waals surface area contributed by atoms with Crippen molar-refractivity contribution in [1.82, 2.24) is 0 Å². The molecule has 0 unspecified atom stereocenters. The van der Waals surface area contributed by atoms with Gasteiger partial charge >= 0.3 is 54.6 Å². The molecule has 0 bridgehead atoms. The first-order chi connectivity index (χ1) is 3.73. The molecule has 4 radical (unpaired) electrons. The zero-order valence-corrected chi connectivity index (χ0v) is 13.4. The number of nitrogens with zero attached hydrogens (tertiary/aromatic N) is 1. The normalized spacial score (nSPS) is 7.55. The van der Waals surface area contributed by atoms with Crippen LogP contribution >= 0.6 is 7.82 Å². The smallest absolute Gasteiger partial charge is 0.822 e. The van der Waals surface area contributed by atoms with Crippen LogP contribution < -0.4 is 14.7 Å². The Hall–Kier alpha value is 1.15. The summed E-state index contributed by atoms with van der Waals surface area (Å²) < 4.78 is 8.55. The Kier molecular flexibility index (Phi) is 23.1. The van der Waals surface area contributed by atoms with Crippen molar-refractivity contribution in [2.45, 2.75) is 0 Å². The molecule has 0 aliphatic rings. The molecule has 0 aliphatic heterocycles. The molecule has 0 fully saturated rings. The van der Waals surface area contributed by atoms with Gasteiger partial charge in [-0.3, -0.25) is 0 Å². The van der Waals surface area contributed by atoms with Crippen LogP contribution in [0.1, 0.15) is 0 Å². The fourth-order valence-electron chi connectivity index (χ4n) is 0. The van der Waals surface area contributed by atoms with Crippen molar-refractivity contribution in [2.24, 2.45) is 0 Å². The summed E-state index contributed by atoms with van der Waals surface area (Å²) in [4.78, 5) is 33.9. The molecule has 0 aromatic heterocycles. The van der Waals surface area contributed by atoms with Gasteiger partial charge in [-0.1, -0.05) is 0 Å². The zero-order chi connectivity index (χ0) is 8.08. The largest absolute Gasteiger partial charge is 2.00 e. The summed E-state index contributed by atoms with van der Waals surface area (Å²) in [5.74, 6) is 0. The maximum Gasteiger partial charge on any atom is 2.00 e. The minimum Gasteiger partial charge on any atom is -0.822 e. The average Bonchev–Trinajstić information content (AvgIpc) is 1.19. The summed E-state index contributed by atoms with van der Waals surface area (Å²) in [5.41, 5.74) is 0. The maximum absolute atomic E-state index is 8.55. The molecule has 0 aromatic carbocycles. The summed E-state index contributed by atoms with van der Waals surface area (Å²) >= 11 is 0. The van der Waals surface area contributed by atoms with Gasteiger partial charge in [-0.15, -0.1) is 0 Å². The topological polar surface area (TPSA) is 152 Å². The van der Waals surface area contributed by atoms with Gasteiger partial charge in [-0.2, -0.15) is 7.82 Å². The molecular weight excluding hydrogens is 571 g/mol. The van der Waals surface area contributed by atoms with Crippen molar-refractivity contribution in [1.29, 1.82) is 0 Å². The molecule has 0 heterocycles. The van der Waals surface area contributed by atoms with E-state index in [0.29, 0.717) is 0 Å². The van der Waals surface area contributed by atoms with Gasteiger partial charge in [0.25, 0.3) is 0 Å². The molecule has 0 saturated carbocycles. The Balaban J connectivity index is -0.0000000383. The van der Waals surface area contributed by atoms with Crippen LogP contribution in [-0.4, -0.2) is 59.7 Å². The molecule has 0 saturated heterocycles. The second kappa shape index (κ2) is 11.2. The van der Waals surface area contributed by atoms with Gasteiger partial charge in [0.2, 0.25) is 0 Å². The van der Waals surface area contributed by atoms with Crippen LogP contribution in [0.2, 0.25) is 0 Å². The fraction of sp³-hybridized carbons (Fsp3) is 0. The van der Waals surface area contributed by atoms with Crippen LogP contribution in [0.3, 0.4) is 0 Å². The molecule has 0 aromatic rings. The van der Waals surface area contributed by atoms with Crippen molar-refractivity contribution in [2.75, 3.05) is 0 Å². The fourth-order valence-corrected chi connectivity index (χ4v) is 0. The van der Waals surface area contributed by atoms with Gasteiger partial charge in [0.15, 0.2) is 0 Å². The van der Waals surface area contributed by atoms with Gasteiger partial charge in [-0.05, 0) is 0 Å². The van der Waals surface area contributed by atoms with Crippen LogP contribution in [0, 0.1) is 15.3 Å². The van der Waals surface area contributed by atoms with E-state index in [-0.39, 0.29) is 54.6 Å². The number of hydrogen-bond donors (Lipinski definition) is 0. The molecule has 0 atom stereocenters. The SMILES string of the molecule is O=P([O-])([O-])[O-].O=[N+]([O-])[O-].[Pb+2].[Pb+2]. The monoisotopic (exact) mass is 573 g/mol. The van der Waals surface area contributed by atoms with Gasteiger partial charge in [0, 0.05) is 0 Å². The molecular formula is NO7PPb2. The summed E-state index contributed by atoms with van der Waals surface area (Å²) in [6.45, 7) is 0. The van der Waals surface area contributed by atoms with Crippen molar-refractivity contribution in [3.05, 3.63) is 15.3 Å². The zero-order valence-electron chi connectivity index (χ0n) is 4.75. The van der Waals surface area contributed by atoms with E-state index in [1.807, 2.05) is 0 Å². The van der Waals surface area contributed by atoms with Gasteiger partial charge in [-0.25, -0.2) is 0 Å². The Bertz CT molecular complexity index is 116. The third kappa shape index (κ3) is 702. The van der Waals surface area contributed by atoms with Crippen LogP contribution in [0.15, 0.2) is 0 Å². The summed E-state index contributed by atoms with van der Waals surface area (Å²) in [6, 6.07) is 0. The van der Waals surface area contributed by atoms with E-state index in [0.717, 1.165) is 0 Å². The Morgan fingerprint density at radius 2 is 1.00 bits per heavy atom. The molecule has 0 amide bonds. The summed E-state index contributed by atoms with van der Waals surface area (Å²) in [5, 5.41) is 14.8. The molecule has 60 valence electrons. The number of phosphoric acid groups is 1. The second-order valence-electron chi connectivity index (χ2n) is 0.671. The Morgan fingerprint density at radius 1 is 1.00 bits per heavy atom. The Morgan fingerprint density at radius 3 is 1.00 bits per heavy atom. The molecule has 0 aliphatic carbocycles. The third-order valence-electron chi connectivity index (χ3n) is 0. The number of hydrogen-bond acceptors (Lipinski definition) is 7. The van der Waals surface area contributed by atoms with E-state index in [1.54, 1.807) is 0 Å². The first-order valence-electron chi connectivity index (χ1n) is 1.28. The molecule has 8 nitrogen and oxygen atoms in total. The predicted octanol–water partition coefficient (Wildman–Crippen LogP) is -3.83. The maximum atomic E-state index is 8.55. The van der Waals surface area contributed by atoms with Crippen molar-refractivity contribution in [3.63, 3.8) is 0 Å². The van der Waals surface area contributed by atoms with E-state index < -0.39 is 12.9 Å². The van der Waals surface area contributed by atoms with Crippen LogP contribution in [0.5, 0.6) is 0 Å². The van der Waals surface area contributed by atoms with Crippen molar-refractivity contribution < 1.29 is 24.3 Å². The summed E-state index contributed by atoms with van der Waals surface area (Å²) in [7, 11) is -5.39. The first-order valence-corrected chi connectivity index (χ1v) is 2.74. The quantitative estimate of drug-likeness (QED) is 0.125. The molecule has 11 heavy (non-hydrogen) atoms. The van der Waals surface area contributed by atoms with E-state index in [4.69, 9.17) is 34.6 Å². The molecule has 0 rings (SSSR count). The Labute approximate surface area is 101 Å². The minimum atomic E-state index is -5.39. The van der Waals surface area contributed by atoms with Crippen LogP contribution in [0.4, 0.5) is 0 Å². The predicted molar refractivity (Wildman–Crippen MR) is 29.5 cm³/mol. The van der Waals surface area contributed by atoms with Crippen molar-refractivity contribution >= 4 is 62.4 Å². The van der Waals surface area contributed by atoms with Gasteiger partial charge < -0.3 is 34.6 Å². The van der Waals surface area contributed by atoms with Crippen LogP contribution in [0.25, 0.3) is 0 Å². The van der Waals surface area contributed by atoms with Gasteiger partial charge in [0.1, 0.15) is 0 Å². The summed E-state index contributed by atoms with van der Waals surface area (Å²) in [6.07, 6.45) is 0. The average molecular weight is 571 g/mol. The van der Waals surface area contributed by atoms with Crippen LogP contribution in [-0.2, 0) is 4.57 Å².